The lowest BCUT2D eigenvalue weighted by atomic mass is 10.0. The van der Waals surface area contributed by atoms with E-state index in [1.54, 1.807) is 0 Å². The number of aryl methyl sites for hydroxylation is 1. The highest BCUT2D eigenvalue weighted by atomic mass is 16.2. The largest absolute Gasteiger partial charge is 0.370 e. The first-order valence-corrected chi connectivity index (χ1v) is 9.97. The first kappa shape index (κ1) is 19.3. The van der Waals surface area contributed by atoms with Gasteiger partial charge in [-0.25, -0.2) is 4.79 Å². The van der Waals surface area contributed by atoms with E-state index < -0.39 is 6.04 Å². The van der Waals surface area contributed by atoms with Gasteiger partial charge in [-0.2, -0.15) is 0 Å². The van der Waals surface area contributed by atoms with E-state index >= 15 is 0 Å². The normalized spacial score (nSPS) is 15.2. The van der Waals surface area contributed by atoms with Crippen molar-refractivity contribution in [1.29, 1.82) is 0 Å². The standard InChI is InChI=1S/C22H27N5O2/c1-14-6-8-15(9-7-14)20(26(2)3)21(28)23-18-12-16-17(25-22(29)24-16)13-19(18)27-10-4-5-11-27/h6-9,12-13,20H,4-5,10-11H2,1-3H3,(H,23,28)(H2,24,25,29). The highest BCUT2D eigenvalue weighted by Gasteiger charge is 2.25. The zero-order valence-corrected chi connectivity index (χ0v) is 17.1. The van der Waals surface area contributed by atoms with Gasteiger partial charge in [0.2, 0.25) is 5.91 Å². The molecule has 152 valence electrons. The van der Waals surface area contributed by atoms with Gasteiger partial charge >= 0.3 is 5.69 Å². The minimum absolute atomic E-state index is 0.100. The van der Waals surface area contributed by atoms with E-state index in [0.29, 0.717) is 5.52 Å². The predicted molar refractivity (Wildman–Crippen MR) is 117 cm³/mol. The Hall–Kier alpha value is -3.06. The molecule has 0 radical (unpaired) electrons. The van der Waals surface area contributed by atoms with Crippen LogP contribution < -0.4 is 15.9 Å². The molecule has 1 saturated heterocycles. The van der Waals surface area contributed by atoms with Gasteiger partial charge in [0, 0.05) is 13.1 Å². The van der Waals surface area contributed by atoms with Crippen LogP contribution in [0.3, 0.4) is 0 Å². The fourth-order valence-corrected chi connectivity index (χ4v) is 4.02. The monoisotopic (exact) mass is 393 g/mol. The van der Waals surface area contributed by atoms with Crippen molar-refractivity contribution in [2.24, 2.45) is 0 Å². The lowest BCUT2D eigenvalue weighted by Crippen LogP contribution is -2.33. The number of anilines is 2. The summed E-state index contributed by atoms with van der Waals surface area (Å²) >= 11 is 0. The third kappa shape index (κ3) is 3.91. The molecule has 3 N–H and O–H groups in total. The molecule has 2 aromatic carbocycles. The van der Waals surface area contributed by atoms with Crippen LogP contribution in [0.1, 0.15) is 30.0 Å². The molecule has 4 rings (SSSR count). The molecule has 0 spiro atoms. The third-order valence-corrected chi connectivity index (χ3v) is 5.49. The van der Waals surface area contributed by atoms with Crippen LogP contribution in [-0.2, 0) is 4.79 Å². The molecule has 3 aromatic rings. The predicted octanol–water partition coefficient (Wildman–Crippen LogP) is 3.01. The maximum Gasteiger partial charge on any atom is 0.323 e. The highest BCUT2D eigenvalue weighted by molar-refractivity contribution is 6.01. The number of nitrogens with zero attached hydrogens (tertiary/aromatic N) is 2. The van der Waals surface area contributed by atoms with E-state index in [-0.39, 0.29) is 11.6 Å². The number of hydrogen-bond acceptors (Lipinski definition) is 4. The van der Waals surface area contributed by atoms with E-state index in [1.165, 1.54) is 0 Å². The van der Waals surface area contributed by atoms with Crippen LogP contribution in [0.4, 0.5) is 11.4 Å². The molecule has 1 aliphatic heterocycles. The molecule has 2 heterocycles. The Balaban J connectivity index is 1.71. The van der Waals surface area contributed by atoms with Crippen molar-refractivity contribution in [2.75, 3.05) is 37.4 Å². The number of hydrogen-bond donors (Lipinski definition) is 3. The van der Waals surface area contributed by atoms with Crippen molar-refractivity contribution < 1.29 is 4.79 Å². The second kappa shape index (κ2) is 7.75. The fraction of sp³-hybridized carbons (Fsp3) is 0.364. The average molecular weight is 393 g/mol. The van der Waals surface area contributed by atoms with E-state index in [2.05, 4.69) is 20.2 Å². The number of aromatic nitrogens is 2. The molecule has 1 aromatic heterocycles. The highest BCUT2D eigenvalue weighted by Crippen LogP contribution is 2.33. The van der Waals surface area contributed by atoms with Crippen LogP contribution >= 0.6 is 0 Å². The summed E-state index contributed by atoms with van der Waals surface area (Å²) in [6.45, 7) is 3.92. The number of amides is 1. The van der Waals surface area contributed by atoms with Crippen molar-refractivity contribution in [3.63, 3.8) is 0 Å². The summed E-state index contributed by atoms with van der Waals surface area (Å²) < 4.78 is 0. The molecule has 1 atom stereocenters. The first-order valence-electron chi connectivity index (χ1n) is 9.97. The summed E-state index contributed by atoms with van der Waals surface area (Å²) in [7, 11) is 3.80. The molecule has 0 aliphatic carbocycles. The Bertz CT molecular complexity index is 1070. The van der Waals surface area contributed by atoms with Crippen LogP contribution in [-0.4, -0.2) is 48.0 Å². The molecule has 1 amide bonds. The van der Waals surface area contributed by atoms with E-state index in [0.717, 1.165) is 53.9 Å². The number of carbonyl (C=O) groups is 1. The quantitative estimate of drug-likeness (QED) is 0.622. The molecule has 1 unspecified atom stereocenters. The number of fused-ring (bicyclic) bond motifs is 1. The van der Waals surface area contributed by atoms with Crippen molar-refractivity contribution in [3.05, 3.63) is 58.0 Å². The Kier molecular flexibility index (Phi) is 5.15. The molecule has 7 nitrogen and oxygen atoms in total. The number of benzene rings is 2. The molecular weight excluding hydrogens is 366 g/mol. The topological polar surface area (TPSA) is 84.2 Å². The number of rotatable bonds is 5. The number of carbonyl (C=O) groups excluding carboxylic acids is 1. The Labute approximate surface area is 169 Å². The Morgan fingerprint density at radius 2 is 1.69 bits per heavy atom. The van der Waals surface area contributed by atoms with E-state index in [4.69, 9.17) is 0 Å². The van der Waals surface area contributed by atoms with Gasteiger partial charge in [-0.1, -0.05) is 29.8 Å². The van der Waals surface area contributed by atoms with Gasteiger partial charge in [0.1, 0.15) is 6.04 Å². The van der Waals surface area contributed by atoms with Crippen LogP contribution in [0.5, 0.6) is 0 Å². The summed E-state index contributed by atoms with van der Waals surface area (Å²) in [5, 5.41) is 3.13. The second-order valence-electron chi connectivity index (χ2n) is 7.95. The van der Waals surface area contributed by atoms with Gasteiger partial charge in [0.15, 0.2) is 0 Å². The van der Waals surface area contributed by atoms with Gasteiger partial charge in [0.25, 0.3) is 0 Å². The summed E-state index contributed by atoms with van der Waals surface area (Å²) in [5.74, 6) is -0.100. The molecular formula is C22H27N5O2. The van der Waals surface area contributed by atoms with Crippen molar-refractivity contribution in [1.82, 2.24) is 14.9 Å². The van der Waals surface area contributed by atoms with Gasteiger partial charge in [-0.05, 0) is 51.6 Å². The Morgan fingerprint density at radius 3 is 2.31 bits per heavy atom. The maximum atomic E-state index is 13.3. The zero-order valence-electron chi connectivity index (χ0n) is 17.1. The lowest BCUT2D eigenvalue weighted by molar-refractivity contribution is -0.120. The Morgan fingerprint density at radius 1 is 1.07 bits per heavy atom. The first-order chi connectivity index (χ1) is 13.9. The van der Waals surface area contributed by atoms with Crippen LogP contribution in [0.25, 0.3) is 11.0 Å². The summed E-state index contributed by atoms with van der Waals surface area (Å²) in [4.78, 5) is 34.8. The van der Waals surface area contributed by atoms with Crippen molar-refractivity contribution in [3.8, 4) is 0 Å². The fourth-order valence-electron chi connectivity index (χ4n) is 4.02. The smallest absolute Gasteiger partial charge is 0.323 e. The second-order valence-corrected chi connectivity index (χ2v) is 7.95. The zero-order chi connectivity index (χ0) is 20.5. The molecule has 0 bridgehead atoms. The number of nitrogens with one attached hydrogen (secondary N) is 3. The summed E-state index contributed by atoms with van der Waals surface area (Å²) in [5.41, 5.74) is 4.95. The molecule has 0 saturated carbocycles. The van der Waals surface area contributed by atoms with Crippen LogP contribution in [0.2, 0.25) is 0 Å². The van der Waals surface area contributed by atoms with E-state index in [1.807, 2.05) is 62.3 Å². The molecule has 29 heavy (non-hydrogen) atoms. The van der Waals surface area contributed by atoms with Gasteiger partial charge in [-0.3, -0.25) is 9.69 Å². The van der Waals surface area contributed by atoms with Gasteiger partial charge < -0.3 is 20.2 Å². The van der Waals surface area contributed by atoms with Crippen molar-refractivity contribution >= 4 is 28.3 Å². The average Bonchev–Trinajstić information content (AvgIpc) is 3.31. The third-order valence-electron chi connectivity index (χ3n) is 5.49. The summed E-state index contributed by atoms with van der Waals surface area (Å²) in [6.07, 6.45) is 2.25. The molecule has 1 fully saturated rings. The molecule has 7 heteroatoms. The SMILES string of the molecule is Cc1ccc(C(C(=O)Nc2cc3[nH]c(=O)[nH]c3cc2N2CCCC2)N(C)C)cc1. The van der Waals surface area contributed by atoms with E-state index in [9.17, 15) is 9.59 Å². The number of aromatic amines is 2. The maximum absolute atomic E-state index is 13.3. The number of likely N-dealkylation sites (N-methyl/N-ethyl adjacent to an activating group) is 1. The molecule has 1 aliphatic rings. The lowest BCUT2D eigenvalue weighted by Gasteiger charge is -2.26. The van der Waals surface area contributed by atoms with Crippen LogP contribution in [0.15, 0.2) is 41.2 Å². The van der Waals surface area contributed by atoms with Gasteiger partial charge in [-0.15, -0.1) is 0 Å². The van der Waals surface area contributed by atoms with Gasteiger partial charge in [0.05, 0.1) is 22.4 Å². The number of H-pyrrole nitrogens is 2. The van der Waals surface area contributed by atoms with Crippen molar-refractivity contribution in [2.45, 2.75) is 25.8 Å². The number of imidazole rings is 1. The van der Waals surface area contributed by atoms with Crippen LogP contribution in [0, 0.1) is 6.92 Å². The minimum Gasteiger partial charge on any atom is -0.370 e. The summed E-state index contributed by atoms with van der Waals surface area (Å²) in [6, 6.07) is 11.4. The minimum atomic E-state index is -0.414.